The molecule has 0 spiro atoms. The molecule has 31 heavy (non-hydrogen) atoms. The van der Waals surface area contributed by atoms with Crippen LogP contribution in [0.2, 0.25) is 0 Å². The fourth-order valence-corrected chi connectivity index (χ4v) is 3.77. The highest BCUT2D eigenvalue weighted by atomic mass is 32.2. The Bertz CT molecular complexity index is 1120. The van der Waals surface area contributed by atoms with Gasteiger partial charge in [0, 0.05) is 25.5 Å². The second kappa shape index (κ2) is 9.31. The molecule has 0 unspecified atom stereocenters. The molecule has 0 fully saturated rings. The Balaban J connectivity index is 2.14. The number of sulfonamides is 1. The van der Waals surface area contributed by atoms with Crippen LogP contribution in [0.25, 0.3) is 0 Å². The Morgan fingerprint density at radius 3 is 2.35 bits per heavy atom. The summed E-state index contributed by atoms with van der Waals surface area (Å²) < 4.78 is 35.5. The third-order valence-electron chi connectivity index (χ3n) is 4.56. The van der Waals surface area contributed by atoms with E-state index in [2.05, 4.69) is 10.3 Å². The number of hydrogen-bond acceptors (Lipinski definition) is 7. The molecule has 10 nitrogen and oxygen atoms in total. The van der Waals surface area contributed by atoms with Crippen molar-refractivity contribution in [2.75, 3.05) is 26.5 Å². The van der Waals surface area contributed by atoms with Crippen molar-refractivity contribution in [3.8, 4) is 0 Å². The number of methoxy groups -OCH3 is 1. The summed E-state index contributed by atoms with van der Waals surface area (Å²) in [5.74, 6) is -2.06. The van der Waals surface area contributed by atoms with Gasteiger partial charge in [0.25, 0.3) is 5.91 Å². The van der Waals surface area contributed by atoms with Crippen LogP contribution < -0.4 is 5.32 Å². The van der Waals surface area contributed by atoms with Crippen molar-refractivity contribution in [1.82, 2.24) is 9.29 Å². The number of rotatable bonds is 7. The minimum atomic E-state index is -3.67. The fourth-order valence-electron chi connectivity index (χ4n) is 2.82. The summed E-state index contributed by atoms with van der Waals surface area (Å²) in [6, 6.07) is 5.72. The van der Waals surface area contributed by atoms with Gasteiger partial charge in [-0.1, -0.05) is 6.07 Å². The lowest BCUT2D eigenvalue weighted by atomic mass is 10.1. The van der Waals surface area contributed by atoms with Crippen molar-refractivity contribution in [3.05, 3.63) is 46.8 Å². The average Bonchev–Trinajstić information content (AvgIpc) is 3.01. The first-order valence-corrected chi connectivity index (χ1v) is 10.7. The van der Waals surface area contributed by atoms with E-state index in [0.717, 1.165) is 4.31 Å². The van der Waals surface area contributed by atoms with Crippen LogP contribution in [0.1, 0.15) is 39.0 Å². The van der Waals surface area contributed by atoms with Crippen molar-refractivity contribution in [3.63, 3.8) is 0 Å². The second-order valence-corrected chi connectivity index (χ2v) is 9.12. The average molecular weight is 452 g/mol. The van der Waals surface area contributed by atoms with Gasteiger partial charge >= 0.3 is 11.9 Å². The molecular weight excluding hydrogens is 426 g/mol. The lowest BCUT2D eigenvalue weighted by Crippen LogP contribution is -2.30. The van der Waals surface area contributed by atoms with Gasteiger partial charge in [0.05, 0.1) is 17.6 Å². The number of carbonyl (C=O) groups excluding carboxylic acids is 3. The molecule has 0 saturated carbocycles. The van der Waals surface area contributed by atoms with Crippen molar-refractivity contribution >= 4 is 33.6 Å². The Hall–Kier alpha value is -3.18. The molecule has 168 valence electrons. The summed E-state index contributed by atoms with van der Waals surface area (Å²) >= 11 is 0. The standard InChI is InChI=1S/C20H25N3O7S/c1-11-16(19(25)29-6)12(2)21-17(11)20(26)30-13(3)18(24)22-14-8-7-9-15(10-14)31(27,28)23(4)5/h7-10,13,21H,1-6H3,(H,22,24)/t13-/m0/s1. The number of nitrogens with one attached hydrogen (secondary N) is 2. The van der Waals surface area contributed by atoms with Crippen molar-refractivity contribution < 1.29 is 32.3 Å². The first-order valence-electron chi connectivity index (χ1n) is 9.22. The number of hydrogen-bond donors (Lipinski definition) is 2. The molecule has 0 aliphatic carbocycles. The van der Waals surface area contributed by atoms with E-state index in [9.17, 15) is 22.8 Å². The predicted octanol–water partition coefficient (Wildman–Crippen LogP) is 1.85. The summed E-state index contributed by atoms with van der Waals surface area (Å²) in [5.41, 5.74) is 1.29. The number of aromatic nitrogens is 1. The number of aryl methyl sites for hydroxylation is 1. The topological polar surface area (TPSA) is 135 Å². The Morgan fingerprint density at radius 1 is 1.13 bits per heavy atom. The van der Waals surface area contributed by atoms with Crippen LogP contribution >= 0.6 is 0 Å². The van der Waals surface area contributed by atoms with Crippen LogP contribution in [0, 0.1) is 13.8 Å². The number of ether oxygens (including phenoxy) is 2. The Morgan fingerprint density at radius 2 is 1.77 bits per heavy atom. The molecule has 0 aliphatic rings. The second-order valence-electron chi connectivity index (χ2n) is 6.97. The number of benzene rings is 1. The van der Waals surface area contributed by atoms with Crippen molar-refractivity contribution in [1.29, 1.82) is 0 Å². The summed E-state index contributed by atoms with van der Waals surface area (Å²) in [6.07, 6.45) is -1.19. The van der Waals surface area contributed by atoms with Crippen LogP contribution in [0.4, 0.5) is 5.69 Å². The number of esters is 2. The SMILES string of the molecule is COC(=O)c1c(C)[nH]c(C(=O)O[C@@H](C)C(=O)Nc2cccc(S(=O)(=O)N(C)C)c2)c1C. The van der Waals surface area contributed by atoms with E-state index in [4.69, 9.17) is 9.47 Å². The van der Waals surface area contributed by atoms with Gasteiger partial charge in [-0.25, -0.2) is 22.3 Å². The van der Waals surface area contributed by atoms with Gasteiger partial charge in [-0.2, -0.15) is 0 Å². The van der Waals surface area contributed by atoms with Gasteiger partial charge in [-0.3, -0.25) is 4.79 Å². The quantitative estimate of drug-likeness (QED) is 0.613. The van der Waals surface area contributed by atoms with Gasteiger partial charge in [0.1, 0.15) is 5.69 Å². The van der Waals surface area contributed by atoms with Crippen molar-refractivity contribution in [2.24, 2.45) is 0 Å². The van der Waals surface area contributed by atoms with Gasteiger partial charge in [0.2, 0.25) is 10.0 Å². The number of anilines is 1. The molecule has 1 aromatic heterocycles. The first kappa shape index (κ1) is 24.1. The largest absolute Gasteiger partial charge is 0.465 e. The maximum absolute atomic E-state index is 12.5. The van der Waals surface area contributed by atoms with E-state index in [1.807, 2.05) is 0 Å². The molecular formula is C20H25N3O7S. The van der Waals surface area contributed by atoms with Gasteiger partial charge in [0.15, 0.2) is 6.10 Å². The maximum atomic E-state index is 12.5. The molecule has 2 aromatic rings. The van der Waals surface area contributed by atoms with Crippen LogP contribution in [0.5, 0.6) is 0 Å². The first-order chi connectivity index (χ1) is 14.4. The summed E-state index contributed by atoms with van der Waals surface area (Å²) in [7, 11) is 0.364. The lowest BCUT2D eigenvalue weighted by molar-refractivity contribution is -0.123. The number of amides is 1. The minimum absolute atomic E-state index is 0.00720. The van der Waals surface area contributed by atoms with Crippen LogP contribution in [-0.2, 0) is 24.3 Å². The smallest absolute Gasteiger partial charge is 0.355 e. The van der Waals surface area contributed by atoms with Crippen LogP contribution in [0.3, 0.4) is 0 Å². The van der Waals surface area contributed by atoms with Gasteiger partial charge < -0.3 is 19.8 Å². The van der Waals surface area contributed by atoms with Crippen molar-refractivity contribution in [2.45, 2.75) is 31.8 Å². The monoisotopic (exact) mass is 451 g/mol. The molecule has 1 atom stereocenters. The molecule has 2 rings (SSSR count). The number of H-pyrrole nitrogens is 1. The van der Waals surface area contributed by atoms with E-state index >= 15 is 0 Å². The van der Waals surface area contributed by atoms with Gasteiger partial charge in [-0.05, 0) is 44.5 Å². The Kier molecular flexibility index (Phi) is 7.24. The lowest BCUT2D eigenvalue weighted by Gasteiger charge is -2.15. The van der Waals surface area contributed by atoms with Crippen LogP contribution in [0.15, 0.2) is 29.2 Å². The Labute approximate surface area is 180 Å². The molecule has 1 amide bonds. The fraction of sp³-hybridized carbons (Fsp3) is 0.350. The molecule has 11 heteroatoms. The molecule has 0 bridgehead atoms. The van der Waals surface area contributed by atoms with E-state index in [1.54, 1.807) is 13.8 Å². The zero-order valence-corrected chi connectivity index (χ0v) is 18.9. The van der Waals surface area contributed by atoms with E-state index in [-0.39, 0.29) is 21.8 Å². The molecule has 1 heterocycles. The number of aromatic amines is 1. The zero-order chi connectivity index (χ0) is 23.5. The summed E-state index contributed by atoms with van der Waals surface area (Å²) in [4.78, 5) is 39.6. The molecule has 1 aromatic carbocycles. The van der Waals surface area contributed by atoms with E-state index < -0.39 is 34.0 Å². The highest BCUT2D eigenvalue weighted by Gasteiger charge is 2.26. The third kappa shape index (κ3) is 5.12. The molecule has 0 aliphatic heterocycles. The number of carbonyl (C=O) groups is 3. The minimum Gasteiger partial charge on any atom is -0.465 e. The molecule has 0 saturated heterocycles. The van der Waals surface area contributed by atoms with E-state index in [1.165, 1.54) is 52.4 Å². The summed E-state index contributed by atoms with van der Waals surface area (Å²) in [6.45, 7) is 4.55. The normalized spacial score (nSPS) is 12.4. The highest BCUT2D eigenvalue weighted by Crippen LogP contribution is 2.21. The number of nitrogens with zero attached hydrogens (tertiary/aromatic N) is 1. The van der Waals surface area contributed by atoms with E-state index in [0.29, 0.717) is 11.3 Å². The predicted molar refractivity (Wildman–Crippen MR) is 112 cm³/mol. The highest BCUT2D eigenvalue weighted by molar-refractivity contribution is 7.89. The molecule has 0 radical (unpaired) electrons. The van der Waals surface area contributed by atoms with Crippen LogP contribution in [-0.4, -0.2) is 62.9 Å². The zero-order valence-electron chi connectivity index (χ0n) is 18.1. The summed E-state index contributed by atoms with van der Waals surface area (Å²) in [5, 5.41) is 2.53. The molecule has 2 N–H and O–H groups in total. The third-order valence-corrected chi connectivity index (χ3v) is 6.38. The van der Waals surface area contributed by atoms with Gasteiger partial charge in [-0.15, -0.1) is 0 Å². The maximum Gasteiger partial charge on any atom is 0.355 e.